The molecular weight excluding hydrogens is 300 g/mol. The van der Waals surface area contributed by atoms with E-state index in [1.165, 1.54) is 0 Å². The number of carbonyl (C=O) groups excluding carboxylic acids is 4. The first-order valence-electron chi connectivity index (χ1n) is 7.95. The van der Waals surface area contributed by atoms with Crippen LogP contribution >= 0.6 is 0 Å². The molecule has 8 nitrogen and oxygen atoms in total. The number of likely N-dealkylation sites (N-methyl/N-ethyl adjacent to an activating group) is 1. The summed E-state index contributed by atoms with van der Waals surface area (Å²) in [5.41, 5.74) is 5.22. The average Bonchev–Trinajstić information content (AvgIpc) is 2.53. The van der Waals surface area contributed by atoms with E-state index < -0.39 is 35.6 Å². The van der Waals surface area contributed by atoms with Crippen molar-refractivity contribution >= 4 is 23.5 Å². The van der Waals surface area contributed by atoms with Crippen LogP contribution in [0.15, 0.2) is 0 Å². The third kappa shape index (κ3) is 8.29. The molecule has 0 heterocycles. The van der Waals surface area contributed by atoms with Gasteiger partial charge in [0.15, 0.2) is 0 Å². The maximum absolute atomic E-state index is 11.9. The molecule has 0 fully saturated rings. The van der Waals surface area contributed by atoms with Gasteiger partial charge in [0.2, 0.25) is 17.6 Å². The van der Waals surface area contributed by atoms with Crippen LogP contribution in [0.5, 0.6) is 0 Å². The average molecular weight is 328 g/mol. The van der Waals surface area contributed by atoms with Crippen LogP contribution in [0.2, 0.25) is 0 Å². The molecule has 2 unspecified atom stereocenters. The second-order valence-corrected chi connectivity index (χ2v) is 5.34. The minimum absolute atomic E-state index is 0.372. The fourth-order valence-corrected chi connectivity index (χ4v) is 2.04. The van der Waals surface area contributed by atoms with E-state index in [4.69, 9.17) is 5.73 Å². The van der Waals surface area contributed by atoms with E-state index >= 15 is 0 Å². The lowest BCUT2D eigenvalue weighted by molar-refractivity contribution is -0.139. The quantitative estimate of drug-likeness (QED) is 0.349. The first-order valence-corrected chi connectivity index (χ1v) is 7.95. The number of hydrogen-bond acceptors (Lipinski definition) is 5. The monoisotopic (exact) mass is 328 g/mol. The lowest BCUT2D eigenvalue weighted by atomic mass is 10.1. The van der Waals surface area contributed by atoms with Crippen LogP contribution in [-0.4, -0.2) is 49.2 Å². The molecule has 3 amide bonds. The predicted molar refractivity (Wildman–Crippen MR) is 86.4 cm³/mol. The molecule has 5 N–H and O–H groups in total. The van der Waals surface area contributed by atoms with Crippen molar-refractivity contribution in [3.05, 3.63) is 0 Å². The zero-order valence-corrected chi connectivity index (χ0v) is 14.1. The van der Waals surface area contributed by atoms with Crippen LogP contribution in [0.1, 0.15) is 46.0 Å². The Morgan fingerprint density at radius 2 is 1.65 bits per heavy atom. The van der Waals surface area contributed by atoms with Crippen molar-refractivity contribution in [2.24, 2.45) is 5.73 Å². The number of nitrogens with one attached hydrogen (secondary N) is 3. The molecule has 0 aromatic carbocycles. The molecule has 0 aliphatic heterocycles. The molecule has 8 heteroatoms. The van der Waals surface area contributed by atoms with E-state index in [1.807, 2.05) is 13.8 Å². The van der Waals surface area contributed by atoms with Gasteiger partial charge < -0.3 is 21.7 Å². The molecule has 0 aromatic rings. The SMILES string of the molecule is CCCCC(NC(=O)CNC(=O)C(=O)C(CCC)NC)C(N)=O. The summed E-state index contributed by atoms with van der Waals surface area (Å²) in [4.78, 5) is 46.6. The molecule has 23 heavy (non-hydrogen) atoms. The van der Waals surface area contributed by atoms with E-state index in [2.05, 4.69) is 16.0 Å². The molecule has 0 bridgehead atoms. The summed E-state index contributed by atoms with van der Waals surface area (Å²) in [6, 6.07) is -1.33. The normalized spacial score (nSPS) is 13.0. The number of primary amides is 1. The number of nitrogens with two attached hydrogens (primary N) is 1. The smallest absolute Gasteiger partial charge is 0.289 e. The molecule has 0 radical (unpaired) electrons. The van der Waals surface area contributed by atoms with E-state index in [-0.39, 0.29) is 6.54 Å². The van der Waals surface area contributed by atoms with Crippen molar-refractivity contribution in [1.29, 1.82) is 0 Å². The predicted octanol–water partition coefficient (Wildman–Crippen LogP) is -0.780. The van der Waals surface area contributed by atoms with Gasteiger partial charge in [0.05, 0.1) is 12.6 Å². The first-order chi connectivity index (χ1) is 10.9. The van der Waals surface area contributed by atoms with Crippen LogP contribution in [-0.2, 0) is 19.2 Å². The number of amides is 3. The zero-order valence-electron chi connectivity index (χ0n) is 14.1. The highest BCUT2D eigenvalue weighted by Gasteiger charge is 2.24. The lowest BCUT2D eigenvalue weighted by Crippen LogP contribution is -2.50. The van der Waals surface area contributed by atoms with E-state index in [9.17, 15) is 19.2 Å². The highest BCUT2D eigenvalue weighted by molar-refractivity contribution is 6.38. The van der Waals surface area contributed by atoms with Crippen LogP contribution < -0.4 is 21.7 Å². The zero-order chi connectivity index (χ0) is 17.8. The van der Waals surface area contributed by atoms with Gasteiger partial charge in [-0.25, -0.2) is 0 Å². The van der Waals surface area contributed by atoms with Crippen LogP contribution in [0.4, 0.5) is 0 Å². The fraction of sp³-hybridized carbons (Fsp3) is 0.733. The van der Waals surface area contributed by atoms with E-state index in [0.717, 1.165) is 19.3 Å². The molecule has 0 aliphatic rings. The molecule has 0 rings (SSSR count). The fourth-order valence-electron chi connectivity index (χ4n) is 2.04. The minimum atomic E-state index is -0.822. The highest BCUT2D eigenvalue weighted by Crippen LogP contribution is 2.00. The number of Topliss-reactive ketones (excluding diaryl/α,β-unsaturated/α-hetero) is 1. The van der Waals surface area contributed by atoms with E-state index in [0.29, 0.717) is 12.8 Å². The standard InChI is InChI=1S/C15H28N4O4/c1-4-6-8-11(14(16)22)19-12(20)9-18-15(23)13(21)10(17-3)7-5-2/h10-11,17H,4-9H2,1-3H3,(H2,16,22)(H,18,23)(H,19,20). The Kier molecular flexibility index (Phi) is 10.6. The second kappa shape index (κ2) is 11.6. The summed E-state index contributed by atoms with van der Waals surface area (Å²) < 4.78 is 0. The Morgan fingerprint density at radius 3 is 2.13 bits per heavy atom. The number of rotatable bonds is 12. The number of carbonyl (C=O) groups is 4. The first kappa shape index (κ1) is 21.0. The topological polar surface area (TPSA) is 130 Å². The maximum Gasteiger partial charge on any atom is 0.289 e. The number of unbranched alkanes of at least 4 members (excludes halogenated alkanes) is 1. The molecule has 0 aromatic heterocycles. The van der Waals surface area contributed by atoms with Crippen molar-refractivity contribution in [2.45, 2.75) is 58.0 Å². The minimum Gasteiger partial charge on any atom is -0.368 e. The van der Waals surface area contributed by atoms with E-state index in [1.54, 1.807) is 7.05 Å². The van der Waals surface area contributed by atoms with Gasteiger partial charge >= 0.3 is 0 Å². The summed E-state index contributed by atoms with van der Waals surface area (Å²) >= 11 is 0. The van der Waals surface area contributed by atoms with Crippen molar-refractivity contribution in [3.8, 4) is 0 Å². The molecule has 0 aliphatic carbocycles. The second-order valence-electron chi connectivity index (χ2n) is 5.34. The van der Waals surface area contributed by atoms with Gasteiger partial charge in [-0.3, -0.25) is 19.2 Å². The van der Waals surface area contributed by atoms with Crippen LogP contribution in [0.25, 0.3) is 0 Å². The number of ketones is 1. The van der Waals surface area contributed by atoms with Gasteiger partial charge in [0, 0.05) is 0 Å². The number of hydrogen-bond donors (Lipinski definition) is 4. The Labute approximate surface area is 136 Å². The summed E-state index contributed by atoms with van der Waals surface area (Å²) in [5.74, 6) is -2.60. The molecule has 132 valence electrons. The van der Waals surface area contributed by atoms with Crippen LogP contribution in [0, 0.1) is 0 Å². The summed E-state index contributed by atoms with van der Waals surface area (Å²) in [7, 11) is 1.60. The molecular formula is C15H28N4O4. The van der Waals surface area contributed by atoms with Crippen molar-refractivity contribution in [2.75, 3.05) is 13.6 Å². The molecule has 0 saturated heterocycles. The third-order valence-corrected chi connectivity index (χ3v) is 3.40. The van der Waals surface area contributed by atoms with Crippen molar-refractivity contribution < 1.29 is 19.2 Å². The summed E-state index contributed by atoms with van der Waals surface area (Å²) in [6.07, 6.45) is 3.36. The van der Waals surface area contributed by atoms with Gasteiger partial charge in [-0.2, -0.15) is 0 Å². The Bertz CT molecular complexity index is 426. The van der Waals surface area contributed by atoms with Crippen LogP contribution in [0.3, 0.4) is 0 Å². The molecule has 2 atom stereocenters. The summed E-state index contributed by atoms with van der Waals surface area (Å²) in [5, 5.41) is 7.49. The summed E-state index contributed by atoms with van der Waals surface area (Å²) in [6.45, 7) is 3.49. The van der Waals surface area contributed by atoms with Gasteiger partial charge in [0.25, 0.3) is 5.91 Å². The Balaban J connectivity index is 4.37. The molecule has 0 spiro atoms. The highest BCUT2D eigenvalue weighted by atomic mass is 16.2. The van der Waals surface area contributed by atoms with Gasteiger partial charge in [-0.15, -0.1) is 0 Å². The van der Waals surface area contributed by atoms with Gasteiger partial charge in [0.1, 0.15) is 6.04 Å². The molecule has 0 saturated carbocycles. The largest absolute Gasteiger partial charge is 0.368 e. The Morgan fingerprint density at radius 1 is 1.00 bits per heavy atom. The van der Waals surface area contributed by atoms with Crippen molar-refractivity contribution in [1.82, 2.24) is 16.0 Å². The van der Waals surface area contributed by atoms with Gasteiger partial charge in [-0.05, 0) is 19.9 Å². The van der Waals surface area contributed by atoms with Gasteiger partial charge in [-0.1, -0.05) is 33.1 Å². The maximum atomic E-state index is 11.9. The Hall–Kier alpha value is -1.96. The third-order valence-electron chi connectivity index (χ3n) is 3.40. The lowest BCUT2D eigenvalue weighted by Gasteiger charge is -2.16. The van der Waals surface area contributed by atoms with Crippen molar-refractivity contribution in [3.63, 3.8) is 0 Å².